The van der Waals surface area contributed by atoms with Gasteiger partial charge in [0.2, 0.25) is 0 Å². The van der Waals surface area contributed by atoms with Crippen molar-refractivity contribution in [1.29, 1.82) is 0 Å². The van der Waals surface area contributed by atoms with Crippen LogP contribution in [0.3, 0.4) is 0 Å². The van der Waals surface area contributed by atoms with E-state index >= 15 is 0 Å². The van der Waals surface area contributed by atoms with Crippen LogP contribution in [0.5, 0.6) is 11.5 Å². The number of hydrogen-bond donors (Lipinski definition) is 0. The van der Waals surface area contributed by atoms with E-state index in [1.165, 1.54) is 38.8 Å². The topological polar surface area (TPSA) is 38.5 Å². The van der Waals surface area contributed by atoms with Crippen LogP contribution in [0.15, 0.2) is 152 Å². The highest BCUT2D eigenvalue weighted by Gasteiger charge is 2.24. The summed E-state index contributed by atoms with van der Waals surface area (Å²) in [5.41, 5.74) is 10.4. The third kappa shape index (κ3) is 4.38. The number of hydrogen-bond acceptors (Lipinski definition) is 4. The van der Waals surface area contributed by atoms with Gasteiger partial charge in [-0.3, -0.25) is 4.57 Å². The number of benzene rings is 6. The van der Waals surface area contributed by atoms with Crippen LogP contribution < -0.4 is 14.5 Å². The van der Waals surface area contributed by atoms with Crippen molar-refractivity contribution < 1.29 is 4.74 Å². The van der Waals surface area contributed by atoms with Gasteiger partial charge in [-0.05, 0) is 65.7 Å². The van der Waals surface area contributed by atoms with Gasteiger partial charge in [0.1, 0.15) is 17.3 Å². The Hall–Kier alpha value is -6.53. The summed E-state index contributed by atoms with van der Waals surface area (Å²) < 4.78 is 11.2. The molecule has 50 heavy (non-hydrogen) atoms. The van der Waals surface area contributed by atoms with E-state index in [2.05, 4.69) is 173 Å². The van der Waals surface area contributed by atoms with E-state index in [1.807, 2.05) is 12.3 Å². The molecule has 1 aliphatic heterocycles. The van der Waals surface area contributed by atoms with Gasteiger partial charge in [-0.2, -0.15) is 0 Å². The van der Waals surface area contributed by atoms with E-state index in [0.717, 1.165) is 57.0 Å². The summed E-state index contributed by atoms with van der Waals surface area (Å²) in [7, 11) is 4.26. The highest BCUT2D eigenvalue weighted by atomic mass is 16.5. The van der Waals surface area contributed by atoms with Gasteiger partial charge in [0, 0.05) is 71.2 Å². The van der Waals surface area contributed by atoms with Crippen LogP contribution >= 0.6 is 0 Å². The maximum Gasteiger partial charge on any atom is 0.139 e. The number of para-hydroxylation sites is 3. The molecular formula is C44H33N5O. The average molecular weight is 648 g/mol. The average Bonchev–Trinajstić information content (AvgIpc) is 3.78. The lowest BCUT2D eigenvalue weighted by Crippen LogP contribution is -2.23. The number of nitrogens with zero attached hydrogens (tertiary/aromatic N) is 5. The van der Waals surface area contributed by atoms with Crippen LogP contribution in [0.4, 0.5) is 17.1 Å². The predicted molar refractivity (Wildman–Crippen MR) is 206 cm³/mol. The Morgan fingerprint density at radius 1 is 0.520 bits per heavy atom. The molecule has 10 rings (SSSR count). The molecule has 6 heteroatoms. The Balaban J connectivity index is 1.11. The Morgan fingerprint density at radius 3 is 2.20 bits per heavy atom. The zero-order valence-electron chi connectivity index (χ0n) is 27.8. The van der Waals surface area contributed by atoms with E-state index in [0.29, 0.717) is 0 Å². The van der Waals surface area contributed by atoms with Crippen molar-refractivity contribution in [3.8, 4) is 28.4 Å². The normalized spacial score (nSPS) is 12.8. The summed E-state index contributed by atoms with van der Waals surface area (Å²) in [6.07, 6.45) is 2.02. The second-order valence-electron chi connectivity index (χ2n) is 13.1. The van der Waals surface area contributed by atoms with Crippen molar-refractivity contribution in [2.45, 2.75) is 0 Å². The van der Waals surface area contributed by atoms with Gasteiger partial charge in [0.25, 0.3) is 0 Å². The van der Waals surface area contributed by atoms with Gasteiger partial charge < -0.3 is 19.1 Å². The minimum Gasteiger partial charge on any atom is -0.457 e. The first kappa shape index (κ1) is 28.5. The number of fused-ring (bicyclic) bond motifs is 7. The van der Waals surface area contributed by atoms with E-state index in [-0.39, 0.29) is 0 Å². The smallest absolute Gasteiger partial charge is 0.139 e. The van der Waals surface area contributed by atoms with Crippen LogP contribution in [0.25, 0.3) is 60.6 Å². The number of aryl methyl sites for hydroxylation is 1. The second kappa shape index (κ2) is 11.0. The number of aromatic nitrogens is 3. The zero-order chi connectivity index (χ0) is 33.3. The Kier molecular flexibility index (Phi) is 6.27. The van der Waals surface area contributed by atoms with Gasteiger partial charge >= 0.3 is 0 Å². The molecule has 0 saturated heterocycles. The Labute approximate surface area is 289 Å². The number of ether oxygens (including phenoxy) is 1. The van der Waals surface area contributed by atoms with Crippen molar-refractivity contribution in [2.24, 2.45) is 7.05 Å². The molecular weight excluding hydrogens is 615 g/mol. The van der Waals surface area contributed by atoms with E-state index in [1.54, 1.807) is 0 Å². The van der Waals surface area contributed by atoms with Crippen LogP contribution in [0.1, 0.15) is 0 Å². The lowest BCUT2D eigenvalue weighted by Gasteiger charge is -2.20. The first-order valence-electron chi connectivity index (χ1n) is 16.9. The standard InChI is InChI=1S/C44H33N5O/c1-46-28-48(41-18-9-8-17-40(41)46)31-13-10-14-32(24-31)50-33-20-21-35-36-23-30(29-11-4-3-5-12-29)19-22-39(36)49(43(35)25-33)44-26-42-37(27-45-44)34-15-6-7-16-38(34)47(42)2/h3-27H,28H2,1-2H3. The third-order valence-corrected chi connectivity index (χ3v) is 10.2. The van der Waals surface area contributed by atoms with Crippen LogP contribution in [-0.4, -0.2) is 27.8 Å². The van der Waals surface area contributed by atoms with Gasteiger partial charge in [-0.1, -0.05) is 72.8 Å². The molecule has 1 aliphatic rings. The molecule has 0 saturated carbocycles. The first-order chi connectivity index (χ1) is 24.6. The van der Waals surface area contributed by atoms with Crippen molar-refractivity contribution in [3.63, 3.8) is 0 Å². The highest BCUT2D eigenvalue weighted by molar-refractivity contribution is 6.12. The summed E-state index contributed by atoms with van der Waals surface area (Å²) in [4.78, 5) is 9.67. The van der Waals surface area contributed by atoms with Crippen molar-refractivity contribution in [2.75, 3.05) is 23.5 Å². The fourth-order valence-electron chi connectivity index (χ4n) is 7.74. The minimum absolute atomic E-state index is 0.770. The van der Waals surface area contributed by atoms with Crippen molar-refractivity contribution in [1.82, 2.24) is 14.1 Å². The van der Waals surface area contributed by atoms with Crippen LogP contribution in [0.2, 0.25) is 0 Å². The monoisotopic (exact) mass is 647 g/mol. The molecule has 0 bridgehead atoms. The van der Waals surface area contributed by atoms with Crippen molar-refractivity contribution >= 4 is 60.7 Å². The lowest BCUT2D eigenvalue weighted by molar-refractivity contribution is 0.483. The fraction of sp³-hybridized carbons (Fsp3) is 0.0682. The molecule has 0 spiro atoms. The quantitative estimate of drug-likeness (QED) is 0.186. The zero-order valence-corrected chi connectivity index (χ0v) is 27.8. The molecule has 6 nitrogen and oxygen atoms in total. The molecule has 6 aromatic carbocycles. The second-order valence-corrected chi connectivity index (χ2v) is 13.1. The fourth-order valence-corrected chi connectivity index (χ4v) is 7.74. The maximum atomic E-state index is 6.63. The summed E-state index contributed by atoms with van der Waals surface area (Å²) in [6.45, 7) is 0.786. The SMILES string of the molecule is CN1CN(c2cccc(Oc3ccc4c5cc(-c6ccccc6)ccc5n(-c5cc6c(cn5)c5ccccc5n6C)c4c3)c2)c2ccccc21. The molecule has 9 aromatic rings. The molecule has 0 radical (unpaired) electrons. The summed E-state index contributed by atoms with van der Waals surface area (Å²) in [5, 5.41) is 4.68. The molecule has 0 N–H and O–H groups in total. The molecule has 0 aliphatic carbocycles. The van der Waals surface area contributed by atoms with Crippen LogP contribution in [0, 0.1) is 0 Å². The third-order valence-electron chi connectivity index (χ3n) is 10.2. The Morgan fingerprint density at radius 2 is 1.30 bits per heavy atom. The molecule has 0 amide bonds. The minimum atomic E-state index is 0.770. The van der Waals surface area contributed by atoms with E-state index in [4.69, 9.17) is 9.72 Å². The molecule has 0 unspecified atom stereocenters. The van der Waals surface area contributed by atoms with E-state index < -0.39 is 0 Å². The van der Waals surface area contributed by atoms with Gasteiger partial charge in [-0.25, -0.2) is 4.98 Å². The molecule has 3 aromatic heterocycles. The van der Waals surface area contributed by atoms with E-state index in [9.17, 15) is 0 Å². The lowest BCUT2D eigenvalue weighted by atomic mass is 10.0. The Bertz CT molecular complexity index is 2760. The van der Waals surface area contributed by atoms with Gasteiger partial charge in [0.15, 0.2) is 0 Å². The highest BCUT2D eigenvalue weighted by Crippen LogP contribution is 2.42. The van der Waals surface area contributed by atoms with Gasteiger partial charge in [-0.15, -0.1) is 0 Å². The maximum absolute atomic E-state index is 6.63. The molecule has 240 valence electrons. The van der Waals surface area contributed by atoms with Crippen LogP contribution in [-0.2, 0) is 7.05 Å². The predicted octanol–water partition coefficient (Wildman–Crippen LogP) is 10.8. The summed E-state index contributed by atoms with van der Waals surface area (Å²) in [5.74, 6) is 2.43. The van der Waals surface area contributed by atoms with Gasteiger partial charge in [0.05, 0.1) is 34.6 Å². The summed E-state index contributed by atoms with van der Waals surface area (Å²) in [6, 6.07) is 51.3. The molecule has 0 atom stereocenters. The first-order valence-corrected chi connectivity index (χ1v) is 16.9. The largest absolute Gasteiger partial charge is 0.457 e. The number of rotatable bonds is 5. The number of anilines is 3. The number of pyridine rings is 1. The molecule has 0 fully saturated rings. The van der Waals surface area contributed by atoms with Crippen molar-refractivity contribution in [3.05, 3.63) is 152 Å². The molecule has 4 heterocycles. The summed E-state index contributed by atoms with van der Waals surface area (Å²) >= 11 is 0.